The van der Waals surface area contributed by atoms with E-state index < -0.39 is 5.97 Å². The van der Waals surface area contributed by atoms with Crippen LogP contribution in [0.15, 0.2) is 0 Å². The first-order chi connectivity index (χ1) is 10.2. The van der Waals surface area contributed by atoms with Gasteiger partial charge in [-0.2, -0.15) is 0 Å². The Morgan fingerprint density at radius 1 is 1.14 bits per heavy atom. The number of rotatable bonds is 5. The van der Waals surface area contributed by atoms with Gasteiger partial charge in [0.25, 0.3) is 0 Å². The standard InChI is InChI=1S/C14H21N5O2/c20-14(21)7-9-5-11-3-4-12(6-9)18(11)8-13-15-16-17-19(13)10-1-2-10/h9-12H,1-8H2,(H,20,21). The quantitative estimate of drug-likeness (QED) is 0.878. The van der Waals surface area contributed by atoms with Crippen molar-refractivity contribution in [1.82, 2.24) is 25.1 Å². The molecule has 3 aliphatic rings. The SMILES string of the molecule is O=C(O)CC1CC2CCC(C1)N2Cc1nnnn1C1CC1. The van der Waals surface area contributed by atoms with Crippen LogP contribution >= 0.6 is 0 Å². The molecule has 2 saturated heterocycles. The van der Waals surface area contributed by atoms with Crippen molar-refractivity contribution in [2.24, 2.45) is 5.92 Å². The van der Waals surface area contributed by atoms with Crippen LogP contribution < -0.4 is 0 Å². The largest absolute Gasteiger partial charge is 0.481 e. The highest BCUT2D eigenvalue weighted by Crippen LogP contribution is 2.41. The highest BCUT2D eigenvalue weighted by atomic mass is 16.4. The molecule has 0 amide bonds. The zero-order valence-corrected chi connectivity index (χ0v) is 12.1. The van der Waals surface area contributed by atoms with Crippen molar-refractivity contribution in [2.75, 3.05) is 0 Å². The summed E-state index contributed by atoms with van der Waals surface area (Å²) in [6.07, 6.45) is 7.08. The van der Waals surface area contributed by atoms with E-state index in [-0.39, 0.29) is 0 Å². The maximum absolute atomic E-state index is 10.9. The fourth-order valence-electron chi connectivity index (χ4n) is 4.14. The average molecular weight is 291 g/mol. The molecular weight excluding hydrogens is 270 g/mol. The monoisotopic (exact) mass is 291 g/mol. The Morgan fingerprint density at radius 2 is 1.81 bits per heavy atom. The van der Waals surface area contributed by atoms with Gasteiger partial charge in [0.05, 0.1) is 12.6 Å². The van der Waals surface area contributed by atoms with E-state index >= 15 is 0 Å². The fraction of sp³-hybridized carbons (Fsp3) is 0.857. The smallest absolute Gasteiger partial charge is 0.303 e. The van der Waals surface area contributed by atoms with Crippen LogP contribution in [-0.2, 0) is 11.3 Å². The van der Waals surface area contributed by atoms with Crippen LogP contribution in [0.25, 0.3) is 0 Å². The van der Waals surface area contributed by atoms with Crippen molar-refractivity contribution in [3.63, 3.8) is 0 Å². The molecule has 7 nitrogen and oxygen atoms in total. The van der Waals surface area contributed by atoms with Gasteiger partial charge in [0.1, 0.15) is 0 Å². The lowest BCUT2D eigenvalue weighted by atomic mass is 9.88. The summed E-state index contributed by atoms with van der Waals surface area (Å²) >= 11 is 0. The minimum atomic E-state index is -0.662. The van der Waals surface area contributed by atoms with Gasteiger partial charge in [0.15, 0.2) is 5.82 Å². The molecule has 0 spiro atoms. The number of carbonyl (C=O) groups is 1. The van der Waals surface area contributed by atoms with Gasteiger partial charge in [-0.1, -0.05) is 0 Å². The maximum atomic E-state index is 10.9. The van der Waals surface area contributed by atoms with E-state index in [1.807, 2.05) is 4.68 Å². The van der Waals surface area contributed by atoms with Crippen LogP contribution in [0.3, 0.4) is 0 Å². The highest BCUT2D eigenvalue weighted by molar-refractivity contribution is 5.67. The molecule has 1 aromatic heterocycles. The number of nitrogens with zero attached hydrogens (tertiary/aromatic N) is 5. The Hall–Kier alpha value is -1.50. The van der Waals surface area contributed by atoms with E-state index in [4.69, 9.17) is 5.11 Å². The molecule has 21 heavy (non-hydrogen) atoms. The third-order valence-electron chi connectivity index (χ3n) is 5.22. The van der Waals surface area contributed by atoms with E-state index in [1.165, 1.54) is 25.7 Å². The molecule has 0 aromatic carbocycles. The van der Waals surface area contributed by atoms with Crippen LogP contribution in [0.4, 0.5) is 0 Å². The Bertz CT molecular complexity index is 527. The summed E-state index contributed by atoms with van der Waals surface area (Å²) < 4.78 is 1.99. The topological polar surface area (TPSA) is 84.1 Å². The summed E-state index contributed by atoms with van der Waals surface area (Å²) in [7, 11) is 0. The van der Waals surface area contributed by atoms with Gasteiger partial charge >= 0.3 is 5.97 Å². The number of tetrazole rings is 1. The second kappa shape index (κ2) is 5.05. The molecule has 2 aliphatic heterocycles. The normalized spacial score (nSPS) is 32.5. The number of fused-ring (bicyclic) bond motifs is 2. The summed E-state index contributed by atoms with van der Waals surface area (Å²) in [6.45, 7) is 0.818. The van der Waals surface area contributed by atoms with Gasteiger partial charge in [-0.15, -0.1) is 5.10 Å². The minimum absolute atomic E-state index is 0.320. The van der Waals surface area contributed by atoms with E-state index in [0.717, 1.165) is 25.2 Å². The van der Waals surface area contributed by atoms with Crippen LogP contribution in [-0.4, -0.2) is 48.3 Å². The van der Waals surface area contributed by atoms with Gasteiger partial charge in [0.2, 0.25) is 0 Å². The summed E-state index contributed by atoms with van der Waals surface area (Å²) in [5, 5.41) is 21.1. The zero-order valence-electron chi connectivity index (χ0n) is 12.1. The molecule has 2 atom stereocenters. The Labute approximate surface area is 123 Å². The molecule has 3 heterocycles. The lowest BCUT2D eigenvalue weighted by molar-refractivity contribution is -0.138. The third-order valence-corrected chi connectivity index (χ3v) is 5.22. The first-order valence-electron chi connectivity index (χ1n) is 7.95. The number of hydrogen-bond donors (Lipinski definition) is 1. The van der Waals surface area contributed by atoms with Gasteiger partial charge in [-0.05, 0) is 54.9 Å². The highest BCUT2D eigenvalue weighted by Gasteiger charge is 2.42. The number of hydrogen-bond acceptors (Lipinski definition) is 5. The van der Waals surface area contributed by atoms with Crippen molar-refractivity contribution in [1.29, 1.82) is 0 Å². The molecule has 1 N–H and O–H groups in total. The lowest BCUT2D eigenvalue weighted by Gasteiger charge is -2.38. The zero-order chi connectivity index (χ0) is 14.4. The van der Waals surface area contributed by atoms with E-state index in [2.05, 4.69) is 20.4 Å². The first kappa shape index (κ1) is 13.2. The lowest BCUT2D eigenvalue weighted by Crippen LogP contribution is -2.43. The van der Waals surface area contributed by atoms with Crippen LogP contribution in [0.1, 0.15) is 56.8 Å². The molecule has 3 fully saturated rings. The summed E-state index contributed by atoms with van der Waals surface area (Å²) in [4.78, 5) is 13.4. The number of carboxylic acids is 1. The van der Waals surface area contributed by atoms with E-state index in [9.17, 15) is 4.79 Å². The Morgan fingerprint density at radius 3 is 2.43 bits per heavy atom. The predicted octanol–water partition coefficient (Wildman–Crippen LogP) is 1.23. The molecule has 1 saturated carbocycles. The summed E-state index contributed by atoms with van der Waals surface area (Å²) in [5.41, 5.74) is 0. The fourth-order valence-corrected chi connectivity index (χ4v) is 4.14. The van der Waals surface area contributed by atoms with Crippen molar-refractivity contribution in [2.45, 2.75) is 69.6 Å². The Balaban J connectivity index is 1.45. The molecule has 0 radical (unpaired) electrons. The van der Waals surface area contributed by atoms with E-state index in [1.54, 1.807) is 0 Å². The second-order valence-electron chi connectivity index (χ2n) is 6.76. The average Bonchev–Trinajstić information content (AvgIpc) is 3.13. The second-order valence-corrected chi connectivity index (χ2v) is 6.76. The van der Waals surface area contributed by atoms with Crippen molar-refractivity contribution in [3.8, 4) is 0 Å². The number of aromatic nitrogens is 4. The maximum Gasteiger partial charge on any atom is 0.303 e. The van der Waals surface area contributed by atoms with Gasteiger partial charge in [-0.3, -0.25) is 9.69 Å². The first-order valence-corrected chi connectivity index (χ1v) is 7.95. The molecule has 4 rings (SSSR count). The van der Waals surface area contributed by atoms with Crippen LogP contribution in [0.2, 0.25) is 0 Å². The number of aliphatic carboxylic acids is 1. The number of carboxylic acid groups (broad SMARTS) is 1. The molecular formula is C14H21N5O2. The van der Waals surface area contributed by atoms with Crippen molar-refractivity contribution in [3.05, 3.63) is 5.82 Å². The molecule has 1 aromatic rings. The Kier molecular flexibility index (Phi) is 3.17. The predicted molar refractivity (Wildman–Crippen MR) is 73.4 cm³/mol. The van der Waals surface area contributed by atoms with Gasteiger partial charge in [0, 0.05) is 18.5 Å². The van der Waals surface area contributed by atoms with Gasteiger partial charge < -0.3 is 5.11 Å². The molecule has 2 unspecified atom stereocenters. The van der Waals surface area contributed by atoms with Crippen LogP contribution in [0, 0.1) is 5.92 Å². The molecule has 7 heteroatoms. The number of piperidine rings is 1. The van der Waals surface area contributed by atoms with Crippen molar-refractivity contribution < 1.29 is 9.90 Å². The van der Waals surface area contributed by atoms with E-state index in [0.29, 0.717) is 30.5 Å². The molecule has 114 valence electrons. The van der Waals surface area contributed by atoms with Crippen LogP contribution in [0.5, 0.6) is 0 Å². The minimum Gasteiger partial charge on any atom is -0.481 e. The summed E-state index contributed by atoms with van der Waals surface area (Å²) in [6, 6.07) is 1.53. The van der Waals surface area contributed by atoms with Crippen molar-refractivity contribution >= 4 is 5.97 Å². The van der Waals surface area contributed by atoms with Gasteiger partial charge in [-0.25, -0.2) is 4.68 Å². The summed E-state index contributed by atoms with van der Waals surface area (Å²) in [5.74, 6) is 0.660. The third kappa shape index (κ3) is 2.54. The molecule has 1 aliphatic carbocycles. The molecule has 2 bridgehead atoms.